The molecule has 2 heterocycles. The highest BCUT2D eigenvalue weighted by Gasteiger charge is 2.35. The summed E-state index contributed by atoms with van der Waals surface area (Å²) in [6.07, 6.45) is 5.37. The normalized spacial score (nSPS) is 23.3. The van der Waals surface area contributed by atoms with Crippen LogP contribution < -0.4 is 4.72 Å². The van der Waals surface area contributed by atoms with Crippen LogP contribution in [-0.4, -0.2) is 48.6 Å². The molecule has 1 aromatic heterocycles. The second-order valence-corrected chi connectivity index (χ2v) is 9.27. The number of carbonyl (C=O) groups excluding carboxylic acids is 1. The van der Waals surface area contributed by atoms with Gasteiger partial charge in [0.15, 0.2) is 0 Å². The van der Waals surface area contributed by atoms with E-state index in [-0.39, 0.29) is 18.5 Å². The minimum Gasteiger partial charge on any atom is -0.337 e. The highest BCUT2D eigenvalue weighted by Crippen LogP contribution is 2.24. The summed E-state index contributed by atoms with van der Waals surface area (Å²) in [6.45, 7) is 2.70. The zero-order chi connectivity index (χ0) is 16.4. The number of sulfonamides is 1. The Kier molecular flexibility index (Phi) is 5.03. The Morgan fingerprint density at radius 1 is 1.30 bits per heavy atom. The highest BCUT2D eigenvalue weighted by atomic mass is 32.2. The van der Waals surface area contributed by atoms with Gasteiger partial charge in [-0.3, -0.25) is 4.79 Å². The molecule has 0 radical (unpaired) electrons. The molecule has 1 amide bonds. The van der Waals surface area contributed by atoms with Crippen molar-refractivity contribution >= 4 is 27.3 Å². The highest BCUT2D eigenvalue weighted by molar-refractivity contribution is 7.90. The standard InChI is InChI=1S/C15H23N3O3S2/c1-11-14(22-10-16-11)15(19)18-8-4-7-13(9-18)23(20,21)17-12-5-2-3-6-12/h10,12-13,17H,2-9H2,1H3. The third-order valence-corrected chi connectivity index (χ3v) is 7.57. The summed E-state index contributed by atoms with van der Waals surface area (Å²) in [4.78, 5) is 19.0. The van der Waals surface area contributed by atoms with Gasteiger partial charge in [0, 0.05) is 19.1 Å². The van der Waals surface area contributed by atoms with E-state index in [4.69, 9.17) is 0 Å². The number of nitrogens with one attached hydrogen (secondary N) is 1. The fraction of sp³-hybridized carbons (Fsp3) is 0.733. The number of aryl methyl sites for hydroxylation is 1. The fourth-order valence-electron chi connectivity index (χ4n) is 3.40. The third kappa shape index (κ3) is 3.75. The molecule has 1 saturated heterocycles. The average Bonchev–Trinajstić information content (AvgIpc) is 3.18. The molecule has 1 aliphatic heterocycles. The van der Waals surface area contributed by atoms with E-state index in [0.29, 0.717) is 23.5 Å². The van der Waals surface area contributed by atoms with E-state index < -0.39 is 15.3 Å². The number of piperidine rings is 1. The molecule has 2 aliphatic rings. The molecular weight excluding hydrogens is 334 g/mol. The molecule has 1 atom stereocenters. The van der Waals surface area contributed by atoms with Gasteiger partial charge in [-0.25, -0.2) is 18.1 Å². The molecule has 1 saturated carbocycles. The topological polar surface area (TPSA) is 79.4 Å². The van der Waals surface area contributed by atoms with E-state index in [1.54, 1.807) is 10.4 Å². The van der Waals surface area contributed by atoms with E-state index in [1.807, 2.05) is 6.92 Å². The van der Waals surface area contributed by atoms with E-state index in [1.165, 1.54) is 11.3 Å². The zero-order valence-electron chi connectivity index (χ0n) is 13.3. The van der Waals surface area contributed by atoms with E-state index >= 15 is 0 Å². The van der Waals surface area contributed by atoms with Crippen molar-refractivity contribution in [3.63, 3.8) is 0 Å². The number of thiazole rings is 1. The Balaban J connectivity index is 1.68. The van der Waals surface area contributed by atoms with Crippen molar-refractivity contribution in [3.05, 3.63) is 16.1 Å². The number of hydrogen-bond acceptors (Lipinski definition) is 5. The Labute approximate surface area is 141 Å². The van der Waals surface area contributed by atoms with Crippen LogP contribution in [0.15, 0.2) is 5.51 Å². The van der Waals surface area contributed by atoms with Crippen LogP contribution in [0.2, 0.25) is 0 Å². The van der Waals surface area contributed by atoms with Gasteiger partial charge in [0.25, 0.3) is 5.91 Å². The maximum atomic E-state index is 12.6. The predicted octanol–water partition coefficient (Wildman–Crippen LogP) is 1.92. The zero-order valence-corrected chi connectivity index (χ0v) is 15.0. The van der Waals surface area contributed by atoms with Crippen molar-refractivity contribution in [2.75, 3.05) is 13.1 Å². The van der Waals surface area contributed by atoms with Crippen molar-refractivity contribution in [2.45, 2.75) is 56.7 Å². The van der Waals surface area contributed by atoms with Gasteiger partial charge >= 0.3 is 0 Å². The SMILES string of the molecule is Cc1ncsc1C(=O)N1CCCC(S(=O)(=O)NC2CCCC2)C1. The summed E-state index contributed by atoms with van der Waals surface area (Å²) in [5, 5.41) is -0.506. The number of likely N-dealkylation sites (tertiary alicyclic amines) is 1. The molecule has 0 spiro atoms. The Morgan fingerprint density at radius 2 is 2.04 bits per heavy atom. The number of amides is 1. The van der Waals surface area contributed by atoms with E-state index in [9.17, 15) is 13.2 Å². The van der Waals surface area contributed by atoms with Gasteiger partial charge in [-0.1, -0.05) is 12.8 Å². The third-order valence-electron chi connectivity index (χ3n) is 4.73. The first kappa shape index (κ1) is 16.9. The van der Waals surface area contributed by atoms with Gasteiger partial charge < -0.3 is 4.90 Å². The van der Waals surface area contributed by atoms with Crippen molar-refractivity contribution in [1.29, 1.82) is 0 Å². The van der Waals surface area contributed by atoms with Gasteiger partial charge in [0.05, 0.1) is 16.5 Å². The van der Waals surface area contributed by atoms with Crippen LogP contribution in [-0.2, 0) is 10.0 Å². The maximum absolute atomic E-state index is 12.6. The molecule has 23 heavy (non-hydrogen) atoms. The number of aromatic nitrogens is 1. The minimum atomic E-state index is -3.37. The molecule has 1 unspecified atom stereocenters. The number of hydrogen-bond donors (Lipinski definition) is 1. The lowest BCUT2D eigenvalue weighted by atomic mass is 10.1. The summed E-state index contributed by atoms with van der Waals surface area (Å²) < 4.78 is 28.1. The van der Waals surface area contributed by atoms with Crippen LogP contribution in [0.1, 0.15) is 53.9 Å². The summed E-state index contributed by atoms with van der Waals surface area (Å²) in [7, 11) is -3.37. The van der Waals surface area contributed by atoms with Gasteiger partial charge in [-0.2, -0.15) is 0 Å². The van der Waals surface area contributed by atoms with Crippen molar-refractivity contribution in [1.82, 2.24) is 14.6 Å². The quantitative estimate of drug-likeness (QED) is 0.893. The smallest absolute Gasteiger partial charge is 0.265 e. The molecule has 2 fully saturated rings. The molecule has 0 aromatic carbocycles. The first-order chi connectivity index (χ1) is 11.0. The fourth-order valence-corrected chi connectivity index (χ4v) is 5.91. The second-order valence-electron chi connectivity index (χ2n) is 6.43. The lowest BCUT2D eigenvalue weighted by Crippen LogP contribution is -2.49. The van der Waals surface area contributed by atoms with Gasteiger partial charge in [0.1, 0.15) is 4.88 Å². The lowest BCUT2D eigenvalue weighted by molar-refractivity contribution is 0.0730. The van der Waals surface area contributed by atoms with Crippen LogP contribution >= 0.6 is 11.3 Å². The molecule has 3 rings (SSSR count). The first-order valence-electron chi connectivity index (χ1n) is 8.18. The van der Waals surface area contributed by atoms with Crippen LogP contribution in [0.25, 0.3) is 0 Å². The maximum Gasteiger partial charge on any atom is 0.265 e. The van der Waals surface area contributed by atoms with Crippen molar-refractivity contribution in [3.8, 4) is 0 Å². The number of rotatable bonds is 4. The Hall–Kier alpha value is -0.990. The molecule has 1 aromatic rings. The molecular formula is C15H23N3O3S2. The molecule has 1 aliphatic carbocycles. The summed E-state index contributed by atoms with van der Waals surface area (Å²) in [5.74, 6) is -0.0919. The number of carbonyl (C=O) groups is 1. The van der Waals surface area contributed by atoms with Gasteiger partial charge in [-0.15, -0.1) is 11.3 Å². The average molecular weight is 358 g/mol. The molecule has 0 bridgehead atoms. The minimum absolute atomic E-state index is 0.0785. The van der Waals surface area contributed by atoms with Crippen molar-refractivity contribution < 1.29 is 13.2 Å². The Bertz CT molecular complexity index is 665. The molecule has 128 valence electrons. The lowest BCUT2D eigenvalue weighted by Gasteiger charge is -2.32. The summed E-state index contributed by atoms with van der Waals surface area (Å²) >= 11 is 1.32. The van der Waals surface area contributed by atoms with Crippen LogP contribution in [0, 0.1) is 6.92 Å². The Morgan fingerprint density at radius 3 is 2.70 bits per heavy atom. The molecule has 8 heteroatoms. The largest absolute Gasteiger partial charge is 0.337 e. The number of nitrogens with zero attached hydrogens (tertiary/aromatic N) is 2. The second kappa shape index (κ2) is 6.86. The van der Waals surface area contributed by atoms with E-state index in [0.717, 1.165) is 32.1 Å². The predicted molar refractivity (Wildman–Crippen MR) is 90.1 cm³/mol. The first-order valence-corrected chi connectivity index (χ1v) is 10.6. The van der Waals surface area contributed by atoms with Crippen LogP contribution in [0.4, 0.5) is 0 Å². The monoisotopic (exact) mass is 357 g/mol. The molecule has 6 nitrogen and oxygen atoms in total. The molecule has 1 N–H and O–H groups in total. The summed E-state index contributed by atoms with van der Waals surface area (Å²) in [5.41, 5.74) is 2.37. The van der Waals surface area contributed by atoms with Crippen LogP contribution in [0.3, 0.4) is 0 Å². The summed E-state index contributed by atoms with van der Waals surface area (Å²) in [6, 6.07) is 0.0785. The van der Waals surface area contributed by atoms with E-state index in [2.05, 4.69) is 9.71 Å². The van der Waals surface area contributed by atoms with Gasteiger partial charge in [-0.05, 0) is 32.6 Å². The van der Waals surface area contributed by atoms with Crippen molar-refractivity contribution in [2.24, 2.45) is 0 Å². The van der Waals surface area contributed by atoms with Crippen LogP contribution in [0.5, 0.6) is 0 Å². The van der Waals surface area contributed by atoms with Gasteiger partial charge in [0.2, 0.25) is 10.0 Å².